The fourth-order valence-corrected chi connectivity index (χ4v) is 3.05. The van der Waals surface area contributed by atoms with Gasteiger partial charge in [-0.1, -0.05) is 24.3 Å². The summed E-state index contributed by atoms with van der Waals surface area (Å²) >= 11 is 0. The van der Waals surface area contributed by atoms with Crippen molar-refractivity contribution >= 4 is 22.5 Å². The first-order chi connectivity index (χ1) is 13.0. The van der Waals surface area contributed by atoms with Gasteiger partial charge in [-0.05, 0) is 62.2 Å². The molecule has 5 heteroatoms. The zero-order valence-corrected chi connectivity index (χ0v) is 15.5. The lowest BCUT2D eigenvalue weighted by atomic mass is 10.1. The van der Waals surface area contributed by atoms with Crippen LogP contribution in [0.5, 0.6) is 0 Å². The minimum atomic E-state index is -0.178. The van der Waals surface area contributed by atoms with E-state index in [4.69, 9.17) is 0 Å². The van der Waals surface area contributed by atoms with Crippen LogP contribution in [0.25, 0.3) is 16.7 Å². The van der Waals surface area contributed by atoms with Crippen LogP contribution in [0.15, 0.2) is 60.8 Å². The molecule has 1 N–H and O–H groups in total. The summed E-state index contributed by atoms with van der Waals surface area (Å²) in [5.74, 6) is 0.513. The minimum Gasteiger partial charge on any atom is -0.322 e. The number of fused-ring (bicyclic) bond motifs is 1. The molecule has 0 saturated carbocycles. The Morgan fingerprint density at radius 3 is 2.59 bits per heavy atom. The monoisotopic (exact) mass is 356 g/mol. The van der Waals surface area contributed by atoms with Crippen molar-refractivity contribution in [3.8, 4) is 5.82 Å². The van der Waals surface area contributed by atoms with Crippen LogP contribution >= 0.6 is 0 Å². The molecule has 0 radical (unpaired) electrons. The number of pyridine rings is 1. The Balaban J connectivity index is 1.64. The molecule has 0 aliphatic heterocycles. The van der Waals surface area contributed by atoms with Gasteiger partial charge < -0.3 is 5.32 Å². The number of aromatic nitrogens is 3. The van der Waals surface area contributed by atoms with Gasteiger partial charge in [0.05, 0.1) is 23.0 Å². The highest BCUT2D eigenvalue weighted by Gasteiger charge is 2.16. The number of amides is 1. The molecule has 0 fully saturated rings. The zero-order chi connectivity index (χ0) is 19.0. The number of benzene rings is 2. The number of hydrogen-bond acceptors (Lipinski definition) is 3. The first-order valence-electron chi connectivity index (χ1n) is 8.82. The van der Waals surface area contributed by atoms with E-state index in [2.05, 4.69) is 15.4 Å². The molecule has 27 heavy (non-hydrogen) atoms. The molecule has 0 atom stereocenters. The molecule has 1 amide bonds. The van der Waals surface area contributed by atoms with Crippen LogP contribution in [0.1, 0.15) is 27.2 Å². The topological polar surface area (TPSA) is 59.8 Å². The lowest BCUT2D eigenvalue weighted by Gasteiger charge is -2.08. The first kappa shape index (κ1) is 17.0. The Bertz CT molecular complexity index is 1160. The summed E-state index contributed by atoms with van der Waals surface area (Å²) < 4.78 is 1.70. The number of rotatable bonds is 3. The maximum Gasteiger partial charge on any atom is 0.259 e. The van der Waals surface area contributed by atoms with Gasteiger partial charge in [-0.25, -0.2) is 9.67 Å². The molecule has 4 rings (SSSR count). The smallest absolute Gasteiger partial charge is 0.259 e. The summed E-state index contributed by atoms with van der Waals surface area (Å²) in [5.41, 5.74) is 5.28. The third kappa shape index (κ3) is 3.19. The highest BCUT2D eigenvalue weighted by Crippen LogP contribution is 2.19. The average Bonchev–Trinajstić information content (AvgIpc) is 3.06. The predicted octanol–water partition coefficient (Wildman–Crippen LogP) is 4.60. The fourth-order valence-electron chi connectivity index (χ4n) is 3.05. The lowest BCUT2D eigenvalue weighted by Crippen LogP contribution is -2.13. The standard InChI is InChI=1S/C22H20N4O/c1-14-8-10-18(12-15(14)2)24-22(27)19-13-23-26(16(19)3)21-11-9-17-6-4-5-7-20(17)25-21/h4-13H,1-3H3,(H,24,27). The Morgan fingerprint density at radius 2 is 1.78 bits per heavy atom. The summed E-state index contributed by atoms with van der Waals surface area (Å²) in [6, 6.07) is 17.7. The third-order valence-electron chi connectivity index (χ3n) is 4.82. The minimum absolute atomic E-state index is 0.178. The summed E-state index contributed by atoms with van der Waals surface area (Å²) in [4.78, 5) is 17.4. The van der Waals surface area contributed by atoms with E-state index < -0.39 is 0 Å². The van der Waals surface area contributed by atoms with E-state index in [0.717, 1.165) is 27.8 Å². The van der Waals surface area contributed by atoms with Crippen molar-refractivity contribution in [2.24, 2.45) is 0 Å². The van der Waals surface area contributed by atoms with Crippen LogP contribution in [0.4, 0.5) is 5.69 Å². The van der Waals surface area contributed by atoms with E-state index >= 15 is 0 Å². The second-order valence-corrected chi connectivity index (χ2v) is 6.67. The molecule has 0 aliphatic rings. The van der Waals surface area contributed by atoms with Crippen molar-refractivity contribution in [3.05, 3.63) is 83.2 Å². The number of aryl methyl sites for hydroxylation is 2. The molecule has 4 aromatic rings. The van der Waals surface area contributed by atoms with Crippen molar-refractivity contribution in [2.75, 3.05) is 5.32 Å². The number of anilines is 1. The predicted molar refractivity (Wildman–Crippen MR) is 107 cm³/mol. The van der Waals surface area contributed by atoms with E-state index in [1.54, 1.807) is 10.9 Å². The normalized spacial score (nSPS) is 10.9. The maximum absolute atomic E-state index is 12.7. The second kappa shape index (κ2) is 6.68. The third-order valence-corrected chi connectivity index (χ3v) is 4.82. The van der Waals surface area contributed by atoms with Crippen molar-refractivity contribution in [3.63, 3.8) is 0 Å². The second-order valence-electron chi connectivity index (χ2n) is 6.67. The van der Waals surface area contributed by atoms with Crippen LogP contribution < -0.4 is 5.32 Å². The number of nitrogens with one attached hydrogen (secondary N) is 1. The van der Waals surface area contributed by atoms with Gasteiger partial charge in [-0.2, -0.15) is 5.10 Å². The van der Waals surface area contributed by atoms with Crippen LogP contribution in [0.3, 0.4) is 0 Å². The van der Waals surface area contributed by atoms with Gasteiger partial charge in [0.25, 0.3) is 5.91 Å². The maximum atomic E-state index is 12.7. The van der Waals surface area contributed by atoms with Crippen LogP contribution in [0, 0.1) is 20.8 Å². The number of nitrogens with zero attached hydrogens (tertiary/aromatic N) is 3. The van der Waals surface area contributed by atoms with Crippen molar-refractivity contribution in [1.29, 1.82) is 0 Å². The molecule has 134 valence electrons. The average molecular weight is 356 g/mol. The van der Waals surface area contributed by atoms with Crippen LogP contribution in [0.2, 0.25) is 0 Å². The van der Waals surface area contributed by atoms with E-state index in [0.29, 0.717) is 11.4 Å². The Hall–Kier alpha value is -3.47. The van der Waals surface area contributed by atoms with Crippen molar-refractivity contribution < 1.29 is 4.79 Å². The molecule has 0 bridgehead atoms. The van der Waals surface area contributed by atoms with Gasteiger partial charge in [0.1, 0.15) is 0 Å². The molecule has 0 unspecified atom stereocenters. The van der Waals surface area contributed by atoms with E-state index in [1.165, 1.54) is 5.56 Å². The molecule has 0 saturated heterocycles. The van der Waals surface area contributed by atoms with E-state index in [1.807, 2.05) is 75.4 Å². The Labute approximate surface area is 157 Å². The van der Waals surface area contributed by atoms with Crippen LogP contribution in [-0.2, 0) is 0 Å². The number of carbonyl (C=O) groups is 1. The molecule has 0 aliphatic carbocycles. The van der Waals surface area contributed by atoms with Gasteiger partial charge in [-0.15, -0.1) is 0 Å². The molecule has 0 spiro atoms. The molecule has 2 aromatic heterocycles. The summed E-state index contributed by atoms with van der Waals surface area (Å²) in [6.07, 6.45) is 1.59. The quantitative estimate of drug-likeness (QED) is 0.584. The Kier molecular flexibility index (Phi) is 4.20. The van der Waals surface area contributed by atoms with E-state index in [9.17, 15) is 4.79 Å². The van der Waals surface area contributed by atoms with Crippen molar-refractivity contribution in [2.45, 2.75) is 20.8 Å². The van der Waals surface area contributed by atoms with Gasteiger partial charge in [0.15, 0.2) is 5.82 Å². The van der Waals surface area contributed by atoms with Crippen LogP contribution in [-0.4, -0.2) is 20.7 Å². The summed E-state index contributed by atoms with van der Waals surface area (Å²) in [7, 11) is 0. The van der Waals surface area contributed by atoms with E-state index in [-0.39, 0.29) is 5.91 Å². The van der Waals surface area contributed by atoms with Gasteiger partial charge in [0.2, 0.25) is 0 Å². The number of carbonyl (C=O) groups excluding carboxylic acids is 1. The largest absolute Gasteiger partial charge is 0.322 e. The zero-order valence-electron chi connectivity index (χ0n) is 15.5. The molecule has 5 nitrogen and oxygen atoms in total. The fraction of sp³-hybridized carbons (Fsp3) is 0.136. The highest BCUT2D eigenvalue weighted by atomic mass is 16.1. The number of hydrogen-bond donors (Lipinski definition) is 1. The molecular weight excluding hydrogens is 336 g/mol. The van der Waals surface area contributed by atoms with Gasteiger partial charge in [0, 0.05) is 11.1 Å². The molecular formula is C22H20N4O. The number of para-hydroxylation sites is 1. The van der Waals surface area contributed by atoms with Crippen molar-refractivity contribution in [1.82, 2.24) is 14.8 Å². The highest BCUT2D eigenvalue weighted by molar-refractivity contribution is 6.05. The Morgan fingerprint density at radius 1 is 0.963 bits per heavy atom. The first-order valence-corrected chi connectivity index (χ1v) is 8.82. The molecule has 2 aromatic carbocycles. The summed E-state index contributed by atoms with van der Waals surface area (Å²) in [5, 5.41) is 8.40. The SMILES string of the molecule is Cc1ccc(NC(=O)c2cnn(-c3ccc4ccccc4n3)c2C)cc1C. The lowest BCUT2D eigenvalue weighted by molar-refractivity contribution is 0.102. The molecule has 2 heterocycles. The summed E-state index contributed by atoms with van der Waals surface area (Å²) in [6.45, 7) is 5.95. The van der Waals surface area contributed by atoms with Gasteiger partial charge in [-0.3, -0.25) is 4.79 Å². The van der Waals surface area contributed by atoms with Gasteiger partial charge >= 0.3 is 0 Å².